The summed E-state index contributed by atoms with van der Waals surface area (Å²) in [5, 5.41) is 2.81. The summed E-state index contributed by atoms with van der Waals surface area (Å²) < 4.78 is 18.1. The lowest BCUT2D eigenvalue weighted by atomic mass is 10.1. The number of carbonyl (C=O) groups is 2. The minimum Gasteiger partial charge on any atom is -0.497 e. The summed E-state index contributed by atoms with van der Waals surface area (Å²) in [6.07, 6.45) is 1.78. The number of methoxy groups -OCH3 is 1. The van der Waals surface area contributed by atoms with Gasteiger partial charge in [0.1, 0.15) is 17.4 Å². The van der Waals surface area contributed by atoms with Crippen LogP contribution in [-0.4, -0.2) is 55.0 Å². The largest absolute Gasteiger partial charge is 0.497 e. The summed E-state index contributed by atoms with van der Waals surface area (Å²) in [4.78, 5) is 33.4. The fraction of sp³-hybridized carbons (Fsp3) is 0.240. The average molecular weight is 448 g/mol. The van der Waals surface area contributed by atoms with Gasteiger partial charge in [-0.15, -0.1) is 0 Å². The molecule has 2 aromatic carbocycles. The van der Waals surface area contributed by atoms with E-state index in [4.69, 9.17) is 4.74 Å². The molecule has 3 aromatic rings. The Morgan fingerprint density at radius 1 is 0.970 bits per heavy atom. The number of piperazine rings is 1. The van der Waals surface area contributed by atoms with E-state index in [-0.39, 0.29) is 24.1 Å². The zero-order valence-electron chi connectivity index (χ0n) is 18.3. The molecule has 0 saturated carbocycles. The minimum absolute atomic E-state index is 0.00415. The first-order chi connectivity index (χ1) is 16.0. The second kappa shape index (κ2) is 10.1. The maximum atomic E-state index is 13.0. The monoisotopic (exact) mass is 448 g/mol. The zero-order chi connectivity index (χ0) is 23.2. The van der Waals surface area contributed by atoms with Gasteiger partial charge in [0.05, 0.1) is 25.4 Å². The molecule has 1 saturated heterocycles. The van der Waals surface area contributed by atoms with E-state index in [1.165, 1.54) is 12.1 Å². The smallest absolute Gasteiger partial charge is 0.253 e. The first kappa shape index (κ1) is 22.3. The fourth-order valence-electron chi connectivity index (χ4n) is 3.69. The molecule has 170 valence electrons. The first-order valence-electron chi connectivity index (χ1n) is 10.7. The van der Waals surface area contributed by atoms with Gasteiger partial charge in [0.2, 0.25) is 5.91 Å². The quantitative estimate of drug-likeness (QED) is 0.626. The standard InChI is InChI=1S/C25H25FN4O3/c1-33-22-9-4-19(5-10-22)25(32)30-14-12-29(13-15-30)23-11-8-21(17-27-23)28-24(31)16-18-2-6-20(26)7-3-18/h2-11,17H,12-16H2,1H3,(H,28,31). The van der Waals surface area contributed by atoms with Crippen LogP contribution in [0.3, 0.4) is 0 Å². The summed E-state index contributed by atoms with van der Waals surface area (Å²) in [5.41, 5.74) is 1.97. The highest BCUT2D eigenvalue weighted by Crippen LogP contribution is 2.19. The third kappa shape index (κ3) is 5.65. The van der Waals surface area contributed by atoms with Crippen molar-refractivity contribution >= 4 is 23.3 Å². The number of amides is 2. The summed E-state index contributed by atoms with van der Waals surface area (Å²) in [7, 11) is 1.60. The van der Waals surface area contributed by atoms with E-state index in [2.05, 4.69) is 15.2 Å². The Balaban J connectivity index is 1.28. The number of nitrogens with one attached hydrogen (secondary N) is 1. The molecule has 1 aliphatic rings. The van der Waals surface area contributed by atoms with Gasteiger partial charge < -0.3 is 19.9 Å². The van der Waals surface area contributed by atoms with E-state index < -0.39 is 0 Å². The van der Waals surface area contributed by atoms with Crippen molar-refractivity contribution in [3.05, 3.63) is 83.8 Å². The molecule has 33 heavy (non-hydrogen) atoms. The molecule has 1 aromatic heterocycles. The number of benzene rings is 2. The van der Waals surface area contributed by atoms with Crippen molar-refractivity contribution in [1.29, 1.82) is 0 Å². The molecule has 4 rings (SSSR count). The number of anilines is 2. The van der Waals surface area contributed by atoms with Crippen molar-refractivity contribution in [1.82, 2.24) is 9.88 Å². The van der Waals surface area contributed by atoms with Crippen LogP contribution in [0.5, 0.6) is 5.75 Å². The Kier molecular flexibility index (Phi) is 6.83. The molecule has 8 heteroatoms. The Hall–Kier alpha value is -3.94. The Morgan fingerprint density at radius 3 is 2.27 bits per heavy atom. The topological polar surface area (TPSA) is 74.8 Å². The van der Waals surface area contributed by atoms with Gasteiger partial charge in [-0.2, -0.15) is 0 Å². The molecule has 1 aliphatic heterocycles. The molecule has 0 spiro atoms. The number of aromatic nitrogens is 1. The van der Waals surface area contributed by atoms with Gasteiger partial charge in [-0.1, -0.05) is 12.1 Å². The van der Waals surface area contributed by atoms with Crippen LogP contribution in [0.25, 0.3) is 0 Å². The van der Waals surface area contributed by atoms with Crippen molar-refractivity contribution in [2.24, 2.45) is 0 Å². The van der Waals surface area contributed by atoms with Crippen molar-refractivity contribution in [3.63, 3.8) is 0 Å². The number of hydrogen-bond donors (Lipinski definition) is 1. The van der Waals surface area contributed by atoms with Crippen LogP contribution >= 0.6 is 0 Å². The maximum Gasteiger partial charge on any atom is 0.253 e. The number of nitrogens with zero attached hydrogens (tertiary/aromatic N) is 3. The maximum absolute atomic E-state index is 13.0. The van der Waals surface area contributed by atoms with Crippen molar-refractivity contribution in [2.45, 2.75) is 6.42 Å². The highest BCUT2D eigenvalue weighted by Gasteiger charge is 2.23. The summed E-state index contributed by atoms with van der Waals surface area (Å²) in [5.74, 6) is 0.997. The van der Waals surface area contributed by atoms with E-state index in [1.807, 2.05) is 11.0 Å². The second-order valence-corrected chi connectivity index (χ2v) is 7.76. The van der Waals surface area contributed by atoms with Crippen LogP contribution in [0, 0.1) is 5.82 Å². The first-order valence-corrected chi connectivity index (χ1v) is 10.7. The van der Waals surface area contributed by atoms with Crippen molar-refractivity contribution in [3.8, 4) is 5.75 Å². The lowest BCUT2D eigenvalue weighted by Gasteiger charge is -2.35. The molecule has 2 amide bonds. The molecule has 0 atom stereocenters. The second-order valence-electron chi connectivity index (χ2n) is 7.76. The van der Waals surface area contributed by atoms with Gasteiger partial charge in [0.25, 0.3) is 5.91 Å². The van der Waals surface area contributed by atoms with Crippen LogP contribution in [0.15, 0.2) is 66.9 Å². The van der Waals surface area contributed by atoms with E-state index >= 15 is 0 Å². The minimum atomic E-state index is -0.329. The number of hydrogen-bond acceptors (Lipinski definition) is 5. The van der Waals surface area contributed by atoms with Gasteiger partial charge in [-0.05, 0) is 54.1 Å². The lowest BCUT2D eigenvalue weighted by Crippen LogP contribution is -2.49. The summed E-state index contributed by atoms with van der Waals surface area (Å²) in [6.45, 7) is 2.54. The van der Waals surface area contributed by atoms with E-state index in [9.17, 15) is 14.0 Å². The van der Waals surface area contributed by atoms with Gasteiger partial charge in [-0.25, -0.2) is 9.37 Å². The summed E-state index contributed by atoms with van der Waals surface area (Å²) in [6, 6.07) is 16.6. The Labute approximate surface area is 191 Å². The Morgan fingerprint density at radius 2 is 1.67 bits per heavy atom. The van der Waals surface area contributed by atoms with E-state index in [0.29, 0.717) is 37.4 Å². The van der Waals surface area contributed by atoms with Crippen molar-refractivity contribution in [2.75, 3.05) is 43.5 Å². The van der Waals surface area contributed by atoms with E-state index in [0.717, 1.165) is 17.1 Å². The molecular formula is C25H25FN4O3. The highest BCUT2D eigenvalue weighted by atomic mass is 19.1. The van der Waals surface area contributed by atoms with Crippen LogP contribution < -0.4 is 15.0 Å². The number of pyridine rings is 1. The molecule has 2 heterocycles. The molecule has 1 N–H and O–H groups in total. The SMILES string of the molecule is COc1ccc(C(=O)N2CCN(c3ccc(NC(=O)Cc4ccc(F)cc4)cn3)CC2)cc1. The molecule has 0 radical (unpaired) electrons. The molecule has 0 aliphatic carbocycles. The normalized spacial score (nSPS) is 13.5. The molecular weight excluding hydrogens is 423 g/mol. The van der Waals surface area contributed by atoms with Crippen LogP contribution in [-0.2, 0) is 11.2 Å². The molecule has 7 nitrogen and oxygen atoms in total. The number of halogens is 1. The average Bonchev–Trinajstić information content (AvgIpc) is 2.85. The van der Waals surface area contributed by atoms with Gasteiger partial charge in [-0.3, -0.25) is 9.59 Å². The third-order valence-corrected chi connectivity index (χ3v) is 5.54. The van der Waals surface area contributed by atoms with Crippen molar-refractivity contribution < 1.29 is 18.7 Å². The lowest BCUT2D eigenvalue weighted by molar-refractivity contribution is -0.115. The number of ether oxygens (including phenoxy) is 1. The molecule has 0 unspecified atom stereocenters. The van der Waals surface area contributed by atoms with Crippen LogP contribution in [0.2, 0.25) is 0 Å². The fourth-order valence-corrected chi connectivity index (χ4v) is 3.69. The summed E-state index contributed by atoms with van der Waals surface area (Å²) >= 11 is 0. The van der Waals surface area contributed by atoms with Gasteiger partial charge in [0, 0.05) is 31.7 Å². The van der Waals surface area contributed by atoms with Crippen LogP contribution in [0.4, 0.5) is 15.9 Å². The third-order valence-electron chi connectivity index (χ3n) is 5.54. The highest BCUT2D eigenvalue weighted by molar-refractivity contribution is 5.94. The van der Waals surface area contributed by atoms with E-state index in [1.54, 1.807) is 55.8 Å². The number of rotatable bonds is 6. The van der Waals surface area contributed by atoms with Gasteiger partial charge >= 0.3 is 0 Å². The van der Waals surface area contributed by atoms with Gasteiger partial charge in [0.15, 0.2) is 0 Å². The predicted octanol–water partition coefficient (Wildman–Crippen LogP) is 3.37. The zero-order valence-corrected chi connectivity index (χ0v) is 18.3. The number of carbonyl (C=O) groups excluding carboxylic acids is 2. The Bertz CT molecular complexity index is 1090. The molecule has 1 fully saturated rings. The molecule has 0 bridgehead atoms. The predicted molar refractivity (Wildman–Crippen MR) is 124 cm³/mol. The van der Waals surface area contributed by atoms with Crippen LogP contribution in [0.1, 0.15) is 15.9 Å².